The average Bonchev–Trinajstić information content (AvgIpc) is 2.78. The molecule has 2 bridgehead atoms. The zero-order chi connectivity index (χ0) is 14.8. The number of piperidine rings is 1. The highest BCUT2D eigenvalue weighted by Gasteiger charge is 2.34. The Kier molecular flexibility index (Phi) is 5.75. The van der Waals surface area contributed by atoms with Crippen LogP contribution >= 0.6 is 12.4 Å². The van der Waals surface area contributed by atoms with Gasteiger partial charge < -0.3 is 10.6 Å². The number of carbonyl (C=O) groups is 1. The average molecular weight is 331 g/mol. The van der Waals surface area contributed by atoms with Crippen molar-refractivity contribution in [2.45, 2.75) is 50.6 Å². The second-order valence-electron chi connectivity index (χ2n) is 6.15. The van der Waals surface area contributed by atoms with Gasteiger partial charge in [-0.25, -0.2) is 8.78 Å². The van der Waals surface area contributed by atoms with Crippen molar-refractivity contribution in [3.8, 4) is 0 Å². The first kappa shape index (κ1) is 17.2. The van der Waals surface area contributed by atoms with Crippen LogP contribution in [0, 0.1) is 5.92 Å². The molecule has 2 unspecified atom stereocenters. The number of anilines is 1. The van der Waals surface area contributed by atoms with Gasteiger partial charge in [-0.15, -0.1) is 12.4 Å². The van der Waals surface area contributed by atoms with Crippen molar-refractivity contribution in [3.63, 3.8) is 0 Å². The second-order valence-corrected chi connectivity index (χ2v) is 6.15. The van der Waals surface area contributed by atoms with E-state index in [0.29, 0.717) is 30.1 Å². The molecule has 2 saturated heterocycles. The van der Waals surface area contributed by atoms with Crippen LogP contribution in [0.2, 0.25) is 0 Å². The molecule has 22 heavy (non-hydrogen) atoms. The van der Waals surface area contributed by atoms with Gasteiger partial charge in [-0.1, -0.05) is 12.1 Å². The van der Waals surface area contributed by atoms with Crippen LogP contribution in [-0.2, 0) is 4.79 Å². The Morgan fingerprint density at radius 3 is 2.59 bits per heavy atom. The molecule has 2 N–H and O–H groups in total. The minimum absolute atomic E-state index is 0. The molecule has 2 atom stereocenters. The Morgan fingerprint density at radius 1 is 1.27 bits per heavy atom. The maximum absolute atomic E-state index is 12.6. The third kappa shape index (κ3) is 4.17. The molecule has 0 aromatic heterocycles. The van der Waals surface area contributed by atoms with Gasteiger partial charge in [0.2, 0.25) is 5.91 Å². The fraction of sp³-hybridized carbons (Fsp3) is 0.562. The van der Waals surface area contributed by atoms with E-state index < -0.39 is 6.43 Å². The Labute approximate surface area is 135 Å². The molecule has 122 valence electrons. The number of nitrogens with one attached hydrogen (secondary N) is 2. The Morgan fingerprint density at radius 2 is 1.95 bits per heavy atom. The molecule has 3 rings (SSSR count). The number of hydrogen-bond donors (Lipinski definition) is 2. The van der Waals surface area contributed by atoms with Crippen LogP contribution in [0.1, 0.15) is 44.1 Å². The van der Waals surface area contributed by atoms with E-state index in [-0.39, 0.29) is 23.9 Å². The number of halogens is 3. The monoisotopic (exact) mass is 330 g/mol. The van der Waals surface area contributed by atoms with E-state index in [4.69, 9.17) is 0 Å². The van der Waals surface area contributed by atoms with Crippen molar-refractivity contribution in [3.05, 3.63) is 29.8 Å². The third-order valence-corrected chi connectivity index (χ3v) is 4.47. The minimum Gasteiger partial charge on any atom is -0.326 e. The van der Waals surface area contributed by atoms with Gasteiger partial charge in [0, 0.05) is 29.8 Å². The van der Waals surface area contributed by atoms with Crippen molar-refractivity contribution >= 4 is 24.0 Å². The maximum Gasteiger partial charge on any atom is 0.263 e. The molecule has 2 aliphatic heterocycles. The fourth-order valence-corrected chi connectivity index (χ4v) is 3.57. The highest BCUT2D eigenvalue weighted by Crippen LogP contribution is 2.33. The molecule has 1 aromatic rings. The summed E-state index contributed by atoms with van der Waals surface area (Å²) in [6, 6.07) is 7.02. The van der Waals surface area contributed by atoms with E-state index in [1.165, 1.54) is 25.0 Å². The van der Waals surface area contributed by atoms with Crippen LogP contribution < -0.4 is 10.6 Å². The zero-order valence-corrected chi connectivity index (χ0v) is 13.0. The third-order valence-electron chi connectivity index (χ3n) is 4.47. The number of rotatable bonds is 4. The zero-order valence-electron chi connectivity index (χ0n) is 12.2. The minimum atomic E-state index is -2.51. The number of fused-ring (bicyclic) bond motifs is 2. The van der Waals surface area contributed by atoms with Gasteiger partial charge in [0.15, 0.2) is 0 Å². The molecule has 0 radical (unpaired) electrons. The Bertz CT molecular complexity index is 515. The van der Waals surface area contributed by atoms with Gasteiger partial charge in [0.05, 0.1) is 0 Å². The summed E-state index contributed by atoms with van der Waals surface area (Å²) in [5, 5.41) is 6.29. The van der Waals surface area contributed by atoms with Crippen LogP contribution in [0.4, 0.5) is 14.5 Å². The smallest absolute Gasteiger partial charge is 0.263 e. The summed E-state index contributed by atoms with van der Waals surface area (Å²) in [7, 11) is 0. The number of amides is 1. The van der Waals surface area contributed by atoms with Crippen LogP contribution in [0.5, 0.6) is 0 Å². The molecule has 0 aliphatic carbocycles. The number of hydrogen-bond acceptors (Lipinski definition) is 2. The predicted molar refractivity (Wildman–Crippen MR) is 84.6 cm³/mol. The lowest BCUT2D eigenvalue weighted by Crippen LogP contribution is -2.39. The molecule has 1 aromatic carbocycles. The van der Waals surface area contributed by atoms with Crippen LogP contribution in [0.3, 0.4) is 0 Å². The maximum atomic E-state index is 12.6. The molecular formula is C16H21ClF2N2O. The molecule has 3 nitrogen and oxygen atoms in total. The van der Waals surface area contributed by atoms with E-state index in [9.17, 15) is 13.6 Å². The van der Waals surface area contributed by atoms with Crippen molar-refractivity contribution in [2.24, 2.45) is 5.92 Å². The number of benzene rings is 1. The van der Waals surface area contributed by atoms with Crippen molar-refractivity contribution < 1.29 is 13.6 Å². The van der Waals surface area contributed by atoms with E-state index in [1.54, 1.807) is 12.1 Å². The SMILES string of the molecule is Cl.O=C(CC1CC2CCC(C1)N2)Nc1cccc(C(F)F)c1. The summed E-state index contributed by atoms with van der Waals surface area (Å²) in [6.45, 7) is 0. The summed E-state index contributed by atoms with van der Waals surface area (Å²) >= 11 is 0. The summed E-state index contributed by atoms with van der Waals surface area (Å²) in [6.07, 6.45) is 2.47. The molecular weight excluding hydrogens is 310 g/mol. The summed E-state index contributed by atoms with van der Waals surface area (Å²) in [5.74, 6) is 0.328. The van der Waals surface area contributed by atoms with Crippen molar-refractivity contribution in [1.29, 1.82) is 0 Å². The van der Waals surface area contributed by atoms with Crippen molar-refractivity contribution in [2.75, 3.05) is 5.32 Å². The van der Waals surface area contributed by atoms with Crippen LogP contribution in [-0.4, -0.2) is 18.0 Å². The largest absolute Gasteiger partial charge is 0.326 e. The lowest BCUT2D eigenvalue weighted by Gasteiger charge is -2.28. The number of carbonyl (C=O) groups excluding carboxylic acids is 1. The molecule has 0 spiro atoms. The highest BCUT2D eigenvalue weighted by molar-refractivity contribution is 5.90. The highest BCUT2D eigenvalue weighted by atomic mass is 35.5. The first-order valence-electron chi connectivity index (χ1n) is 7.54. The summed E-state index contributed by atoms with van der Waals surface area (Å²) in [4.78, 5) is 12.1. The van der Waals surface area contributed by atoms with Crippen LogP contribution in [0.15, 0.2) is 24.3 Å². The van der Waals surface area contributed by atoms with Gasteiger partial charge in [-0.2, -0.15) is 0 Å². The van der Waals surface area contributed by atoms with Crippen molar-refractivity contribution in [1.82, 2.24) is 5.32 Å². The van der Waals surface area contributed by atoms with Gasteiger partial charge in [0.1, 0.15) is 0 Å². The van der Waals surface area contributed by atoms with Gasteiger partial charge in [0.25, 0.3) is 6.43 Å². The summed E-state index contributed by atoms with van der Waals surface area (Å²) in [5.41, 5.74) is 0.391. The van der Waals surface area contributed by atoms with E-state index in [2.05, 4.69) is 10.6 Å². The topological polar surface area (TPSA) is 41.1 Å². The fourth-order valence-electron chi connectivity index (χ4n) is 3.57. The summed E-state index contributed by atoms with van der Waals surface area (Å²) < 4.78 is 25.3. The quantitative estimate of drug-likeness (QED) is 0.879. The lowest BCUT2D eigenvalue weighted by molar-refractivity contribution is -0.117. The first-order chi connectivity index (χ1) is 10.1. The molecule has 2 fully saturated rings. The normalized spacial score (nSPS) is 26.6. The Hall–Kier alpha value is -1.20. The molecule has 6 heteroatoms. The second kappa shape index (κ2) is 7.38. The van der Waals surface area contributed by atoms with Crippen LogP contribution in [0.25, 0.3) is 0 Å². The van der Waals surface area contributed by atoms with Gasteiger partial charge in [-0.3, -0.25) is 4.79 Å². The molecule has 2 heterocycles. The van der Waals surface area contributed by atoms with E-state index in [0.717, 1.165) is 12.8 Å². The van der Waals surface area contributed by atoms with Gasteiger partial charge >= 0.3 is 0 Å². The number of alkyl halides is 2. The molecule has 2 aliphatic rings. The first-order valence-corrected chi connectivity index (χ1v) is 7.54. The molecule has 0 saturated carbocycles. The van der Waals surface area contributed by atoms with E-state index in [1.807, 2.05) is 0 Å². The molecule has 1 amide bonds. The van der Waals surface area contributed by atoms with Gasteiger partial charge in [-0.05, 0) is 43.7 Å². The predicted octanol–water partition coefficient (Wildman–Crippen LogP) is 3.91. The lowest BCUT2D eigenvalue weighted by atomic mass is 9.89. The van der Waals surface area contributed by atoms with E-state index >= 15 is 0 Å². The Balaban J connectivity index is 0.00000176. The standard InChI is InChI=1S/C16H20F2N2O.ClH/c17-16(18)11-2-1-3-12(9-11)20-15(21)8-10-6-13-4-5-14(7-10)19-13;/h1-3,9-10,13-14,16,19H,4-8H2,(H,20,21);1H.